The summed E-state index contributed by atoms with van der Waals surface area (Å²) in [5.41, 5.74) is 6.46. The zero-order valence-electron chi connectivity index (χ0n) is 7.74. The minimum Gasteiger partial charge on any atom is -0.467 e. The van der Waals surface area contributed by atoms with Crippen LogP contribution in [0, 0.1) is 6.92 Å². The zero-order valence-corrected chi connectivity index (χ0v) is 7.74. The summed E-state index contributed by atoms with van der Waals surface area (Å²) in [5, 5.41) is 9.35. The Hall–Kier alpha value is -1.98. The van der Waals surface area contributed by atoms with E-state index in [4.69, 9.17) is 10.2 Å². The minimum absolute atomic E-state index is 0.295. The van der Waals surface area contributed by atoms with Crippen LogP contribution in [0.2, 0.25) is 0 Å². The Bertz CT molecular complexity index is 419. The van der Waals surface area contributed by atoms with Crippen LogP contribution in [-0.4, -0.2) is 15.2 Å². The maximum atomic E-state index is 5.36. The Kier molecular flexibility index (Phi) is 2.10. The first kappa shape index (κ1) is 8.61. The lowest BCUT2D eigenvalue weighted by Gasteiger charge is -1.98. The van der Waals surface area contributed by atoms with Gasteiger partial charge in [0, 0.05) is 0 Å². The number of hydrogen-bond acceptors (Lipinski definition) is 5. The molecule has 0 aliphatic heterocycles. The topological polar surface area (TPSA) is 92.8 Å². The molecule has 0 saturated carbocycles. The predicted octanol–water partition coefficient (Wildman–Crippen LogP) is 0.900. The summed E-state index contributed by atoms with van der Waals surface area (Å²) in [6, 6.07) is 1.91. The number of nitrogens with one attached hydrogen (secondary N) is 2. The highest BCUT2D eigenvalue weighted by atomic mass is 16.3. The Balaban J connectivity index is 1.98. The van der Waals surface area contributed by atoms with E-state index in [0.717, 1.165) is 11.3 Å². The van der Waals surface area contributed by atoms with Gasteiger partial charge in [-0.25, -0.2) is 5.10 Å². The summed E-state index contributed by atoms with van der Waals surface area (Å²) in [4.78, 5) is 3.90. The van der Waals surface area contributed by atoms with Gasteiger partial charge in [-0.15, -0.1) is 5.10 Å². The molecule has 2 aromatic rings. The number of H-pyrrole nitrogens is 1. The fraction of sp³-hybridized carbons (Fsp3) is 0.250. The van der Waals surface area contributed by atoms with Crippen LogP contribution in [0.1, 0.15) is 11.3 Å². The van der Waals surface area contributed by atoms with E-state index < -0.39 is 0 Å². The van der Waals surface area contributed by atoms with Crippen molar-refractivity contribution in [3.8, 4) is 0 Å². The molecule has 0 bridgehead atoms. The second kappa shape index (κ2) is 3.41. The molecule has 0 aromatic carbocycles. The lowest BCUT2D eigenvalue weighted by molar-refractivity contribution is 0.515. The highest BCUT2D eigenvalue weighted by Crippen LogP contribution is 2.10. The third-order valence-corrected chi connectivity index (χ3v) is 1.88. The summed E-state index contributed by atoms with van der Waals surface area (Å²) < 4.78 is 5.23. The van der Waals surface area contributed by atoms with Crippen LogP contribution in [0.3, 0.4) is 0 Å². The van der Waals surface area contributed by atoms with Crippen molar-refractivity contribution < 1.29 is 4.42 Å². The average molecular weight is 193 g/mol. The molecule has 0 atom stereocenters. The molecule has 2 aromatic heterocycles. The van der Waals surface area contributed by atoms with E-state index in [9.17, 15) is 0 Å². The normalized spacial score (nSPS) is 10.4. The van der Waals surface area contributed by atoms with Crippen molar-refractivity contribution in [2.45, 2.75) is 13.5 Å². The third-order valence-electron chi connectivity index (χ3n) is 1.88. The summed E-state index contributed by atoms with van der Waals surface area (Å²) in [7, 11) is 0. The fourth-order valence-corrected chi connectivity index (χ4v) is 1.10. The molecular formula is C8H11N5O. The van der Waals surface area contributed by atoms with Gasteiger partial charge >= 0.3 is 0 Å². The number of nitrogens with zero attached hydrogens (tertiary/aromatic N) is 2. The van der Waals surface area contributed by atoms with Crippen LogP contribution >= 0.6 is 0 Å². The average Bonchev–Trinajstić information content (AvgIpc) is 2.72. The molecule has 74 valence electrons. The van der Waals surface area contributed by atoms with Gasteiger partial charge in [-0.2, -0.15) is 4.98 Å². The number of rotatable bonds is 3. The Morgan fingerprint density at radius 2 is 2.50 bits per heavy atom. The maximum Gasteiger partial charge on any atom is 0.244 e. The summed E-state index contributed by atoms with van der Waals surface area (Å²) in [6.07, 6.45) is 1.65. The van der Waals surface area contributed by atoms with E-state index in [0.29, 0.717) is 18.4 Å². The van der Waals surface area contributed by atoms with Crippen molar-refractivity contribution in [1.29, 1.82) is 0 Å². The number of aryl methyl sites for hydroxylation is 1. The van der Waals surface area contributed by atoms with Crippen molar-refractivity contribution >= 4 is 11.9 Å². The van der Waals surface area contributed by atoms with E-state index >= 15 is 0 Å². The molecule has 0 fully saturated rings. The van der Waals surface area contributed by atoms with Crippen molar-refractivity contribution in [1.82, 2.24) is 15.2 Å². The summed E-state index contributed by atoms with van der Waals surface area (Å²) >= 11 is 0. The van der Waals surface area contributed by atoms with Crippen LogP contribution in [0.15, 0.2) is 16.7 Å². The van der Waals surface area contributed by atoms with Gasteiger partial charge in [0.25, 0.3) is 0 Å². The molecule has 0 radical (unpaired) electrons. The first-order valence-corrected chi connectivity index (χ1v) is 4.20. The van der Waals surface area contributed by atoms with E-state index in [1.165, 1.54) is 0 Å². The predicted molar refractivity (Wildman–Crippen MR) is 51.6 cm³/mol. The molecule has 0 amide bonds. The quantitative estimate of drug-likeness (QED) is 0.673. The van der Waals surface area contributed by atoms with Gasteiger partial charge in [0.05, 0.1) is 12.8 Å². The standard InChI is InChI=1S/C8H11N5O/c1-5-2-3-14-6(5)4-10-8-11-7(9)12-13-8/h2-3H,4H2,1H3,(H4,9,10,11,12,13). The van der Waals surface area contributed by atoms with Crippen LogP contribution in [0.25, 0.3) is 0 Å². The van der Waals surface area contributed by atoms with Crippen LogP contribution < -0.4 is 11.1 Å². The van der Waals surface area contributed by atoms with E-state index in [1.807, 2.05) is 13.0 Å². The van der Waals surface area contributed by atoms with Gasteiger partial charge < -0.3 is 15.5 Å². The molecule has 14 heavy (non-hydrogen) atoms. The first-order chi connectivity index (χ1) is 6.75. The molecule has 0 saturated heterocycles. The molecule has 4 N–H and O–H groups in total. The number of nitrogens with two attached hydrogens (primary N) is 1. The van der Waals surface area contributed by atoms with Gasteiger partial charge in [-0.05, 0) is 18.6 Å². The van der Waals surface area contributed by atoms with Gasteiger partial charge in [0.1, 0.15) is 5.76 Å². The molecular weight excluding hydrogens is 182 g/mol. The van der Waals surface area contributed by atoms with Crippen molar-refractivity contribution in [3.63, 3.8) is 0 Å². The van der Waals surface area contributed by atoms with Gasteiger partial charge in [0.15, 0.2) is 0 Å². The first-order valence-electron chi connectivity index (χ1n) is 4.20. The highest BCUT2D eigenvalue weighted by molar-refractivity contribution is 5.31. The second-order valence-corrected chi connectivity index (χ2v) is 2.92. The number of hydrogen-bond donors (Lipinski definition) is 3. The number of furan rings is 1. The Labute approximate surface area is 80.5 Å². The molecule has 0 aliphatic carbocycles. The largest absolute Gasteiger partial charge is 0.467 e. The van der Waals surface area contributed by atoms with Gasteiger partial charge in [0.2, 0.25) is 11.9 Å². The molecule has 2 heterocycles. The second-order valence-electron chi connectivity index (χ2n) is 2.92. The van der Waals surface area contributed by atoms with Crippen LogP contribution in [-0.2, 0) is 6.54 Å². The number of nitrogen functional groups attached to an aromatic ring is 1. The molecule has 0 aliphatic rings. The lowest BCUT2D eigenvalue weighted by Crippen LogP contribution is -2.01. The molecule has 6 nitrogen and oxygen atoms in total. The number of anilines is 2. The van der Waals surface area contributed by atoms with Gasteiger partial charge in [-0.1, -0.05) is 0 Å². The summed E-state index contributed by atoms with van der Waals surface area (Å²) in [6.45, 7) is 2.53. The molecule has 2 rings (SSSR count). The Morgan fingerprint density at radius 1 is 1.64 bits per heavy atom. The molecule has 6 heteroatoms. The van der Waals surface area contributed by atoms with E-state index in [-0.39, 0.29) is 0 Å². The molecule has 0 unspecified atom stereocenters. The number of aromatic amines is 1. The lowest BCUT2D eigenvalue weighted by atomic mass is 10.3. The van der Waals surface area contributed by atoms with E-state index in [2.05, 4.69) is 20.5 Å². The highest BCUT2D eigenvalue weighted by Gasteiger charge is 2.03. The third kappa shape index (κ3) is 1.68. The van der Waals surface area contributed by atoms with Crippen LogP contribution in [0.5, 0.6) is 0 Å². The fourth-order valence-electron chi connectivity index (χ4n) is 1.10. The van der Waals surface area contributed by atoms with Crippen molar-refractivity contribution in [3.05, 3.63) is 23.7 Å². The van der Waals surface area contributed by atoms with Crippen LogP contribution in [0.4, 0.5) is 11.9 Å². The van der Waals surface area contributed by atoms with Crippen molar-refractivity contribution in [2.75, 3.05) is 11.1 Å². The molecule has 0 spiro atoms. The SMILES string of the molecule is Cc1ccoc1CNc1n[nH]c(N)n1. The maximum absolute atomic E-state index is 5.36. The summed E-state index contributed by atoms with van der Waals surface area (Å²) in [5.74, 6) is 1.63. The van der Waals surface area contributed by atoms with Gasteiger partial charge in [-0.3, -0.25) is 0 Å². The number of aromatic nitrogens is 3. The smallest absolute Gasteiger partial charge is 0.244 e. The minimum atomic E-state index is 0.295. The van der Waals surface area contributed by atoms with Crippen molar-refractivity contribution in [2.24, 2.45) is 0 Å². The Morgan fingerprint density at radius 3 is 3.07 bits per heavy atom. The zero-order chi connectivity index (χ0) is 9.97. The monoisotopic (exact) mass is 193 g/mol. The van der Waals surface area contributed by atoms with E-state index in [1.54, 1.807) is 6.26 Å².